The van der Waals surface area contributed by atoms with Gasteiger partial charge in [0.2, 0.25) is 0 Å². The molecule has 5 nitrogen and oxygen atoms in total. The van der Waals surface area contributed by atoms with E-state index in [1.54, 1.807) is 6.92 Å². The van der Waals surface area contributed by atoms with Gasteiger partial charge in [-0.25, -0.2) is 0 Å². The third-order valence-corrected chi connectivity index (χ3v) is 2.92. The van der Waals surface area contributed by atoms with Crippen molar-refractivity contribution in [2.45, 2.75) is 40.3 Å². The van der Waals surface area contributed by atoms with Crippen LogP contribution in [0.5, 0.6) is 0 Å². The number of hydrogen-bond donors (Lipinski definition) is 2. The van der Waals surface area contributed by atoms with Crippen LogP contribution < -0.4 is 5.32 Å². The lowest BCUT2D eigenvalue weighted by Gasteiger charge is -2.17. The molecule has 0 radical (unpaired) electrons. The van der Waals surface area contributed by atoms with Crippen LogP contribution in [0, 0.1) is 19.8 Å². The average Bonchev–Trinajstić information content (AvgIpc) is 2.54. The highest BCUT2D eigenvalue weighted by Gasteiger charge is 2.19. The SMILES string of the molecule is Cc1noc(C)c1CN[C@@H](C)[C@H](C)C(=O)O. The summed E-state index contributed by atoms with van der Waals surface area (Å²) < 4.78 is 5.03. The second-order valence-corrected chi connectivity index (χ2v) is 4.10. The average molecular weight is 226 g/mol. The largest absolute Gasteiger partial charge is 0.481 e. The molecular formula is C11H18N2O3. The monoisotopic (exact) mass is 226 g/mol. The molecule has 5 heteroatoms. The van der Waals surface area contributed by atoms with Crippen LogP contribution in [0.25, 0.3) is 0 Å². The van der Waals surface area contributed by atoms with Gasteiger partial charge in [-0.05, 0) is 20.8 Å². The molecule has 0 fully saturated rings. The fourth-order valence-electron chi connectivity index (χ4n) is 1.41. The van der Waals surface area contributed by atoms with Gasteiger partial charge in [0.15, 0.2) is 0 Å². The summed E-state index contributed by atoms with van der Waals surface area (Å²) >= 11 is 0. The first-order chi connectivity index (χ1) is 7.43. The van der Waals surface area contributed by atoms with Crippen molar-refractivity contribution in [2.75, 3.05) is 0 Å². The van der Waals surface area contributed by atoms with E-state index in [9.17, 15) is 4.79 Å². The van der Waals surface area contributed by atoms with Crippen LogP contribution >= 0.6 is 0 Å². The van der Waals surface area contributed by atoms with Crippen molar-refractivity contribution in [3.8, 4) is 0 Å². The molecule has 0 aliphatic carbocycles. The zero-order valence-electron chi connectivity index (χ0n) is 10.1. The van der Waals surface area contributed by atoms with Crippen molar-refractivity contribution in [2.24, 2.45) is 5.92 Å². The summed E-state index contributed by atoms with van der Waals surface area (Å²) in [6.45, 7) is 7.85. The molecule has 2 atom stereocenters. The Bertz CT molecular complexity index is 354. The van der Waals surface area contributed by atoms with Crippen LogP contribution in [0.1, 0.15) is 30.9 Å². The van der Waals surface area contributed by atoms with Crippen molar-refractivity contribution in [1.29, 1.82) is 0 Å². The Morgan fingerprint density at radius 3 is 2.56 bits per heavy atom. The number of hydrogen-bond acceptors (Lipinski definition) is 4. The van der Waals surface area contributed by atoms with E-state index >= 15 is 0 Å². The number of carbonyl (C=O) groups is 1. The zero-order chi connectivity index (χ0) is 12.3. The number of carboxylic acid groups (broad SMARTS) is 1. The minimum atomic E-state index is -0.793. The second kappa shape index (κ2) is 5.12. The van der Waals surface area contributed by atoms with Gasteiger partial charge in [0.25, 0.3) is 0 Å². The Balaban J connectivity index is 2.55. The number of rotatable bonds is 5. The molecule has 1 rings (SSSR count). The molecule has 0 saturated carbocycles. The molecule has 90 valence electrons. The van der Waals surface area contributed by atoms with Gasteiger partial charge in [-0.1, -0.05) is 12.1 Å². The van der Waals surface area contributed by atoms with Crippen LogP contribution in [-0.2, 0) is 11.3 Å². The minimum Gasteiger partial charge on any atom is -0.481 e. The van der Waals surface area contributed by atoms with E-state index in [2.05, 4.69) is 10.5 Å². The van der Waals surface area contributed by atoms with Crippen molar-refractivity contribution in [3.05, 3.63) is 17.0 Å². The molecule has 0 amide bonds. The Labute approximate surface area is 94.8 Å². The molecule has 16 heavy (non-hydrogen) atoms. The molecule has 1 aromatic rings. The number of aromatic nitrogens is 1. The summed E-state index contributed by atoms with van der Waals surface area (Å²) in [6.07, 6.45) is 0. The molecular weight excluding hydrogens is 208 g/mol. The number of aliphatic carboxylic acids is 1. The van der Waals surface area contributed by atoms with E-state index in [1.807, 2.05) is 20.8 Å². The Hall–Kier alpha value is -1.36. The van der Waals surface area contributed by atoms with E-state index in [1.165, 1.54) is 0 Å². The summed E-state index contributed by atoms with van der Waals surface area (Å²) in [5.74, 6) is -0.431. The lowest BCUT2D eigenvalue weighted by molar-refractivity contribution is -0.141. The summed E-state index contributed by atoms with van der Waals surface area (Å²) in [7, 11) is 0. The first-order valence-electron chi connectivity index (χ1n) is 5.31. The van der Waals surface area contributed by atoms with Gasteiger partial charge in [-0.3, -0.25) is 4.79 Å². The molecule has 1 heterocycles. The summed E-state index contributed by atoms with van der Waals surface area (Å²) in [5.41, 5.74) is 1.85. The normalized spacial score (nSPS) is 14.8. The van der Waals surface area contributed by atoms with Gasteiger partial charge < -0.3 is 14.9 Å². The third-order valence-electron chi connectivity index (χ3n) is 2.92. The second-order valence-electron chi connectivity index (χ2n) is 4.10. The minimum absolute atomic E-state index is 0.0915. The van der Waals surface area contributed by atoms with Crippen LogP contribution in [0.2, 0.25) is 0 Å². The van der Waals surface area contributed by atoms with Gasteiger partial charge >= 0.3 is 5.97 Å². The number of nitrogens with zero attached hydrogens (tertiary/aromatic N) is 1. The van der Waals surface area contributed by atoms with Crippen LogP contribution in [-0.4, -0.2) is 22.3 Å². The maximum atomic E-state index is 10.8. The highest BCUT2D eigenvalue weighted by atomic mass is 16.5. The van der Waals surface area contributed by atoms with Gasteiger partial charge in [-0.15, -0.1) is 0 Å². The van der Waals surface area contributed by atoms with E-state index < -0.39 is 11.9 Å². The van der Waals surface area contributed by atoms with Crippen molar-refractivity contribution >= 4 is 5.97 Å². The lowest BCUT2D eigenvalue weighted by atomic mass is 10.0. The molecule has 0 saturated heterocycles. The fourth-order valence-corrected chi connectivity index (χ4v) is 1.41. The van der Waals surface area contributed by atoms with E-state index in [-0.39, 0.29) is 6.04 Å². The maximum Gasteiger partial charge on any atom is 0.307 e. The highest BCUT2D eigenvalue weighted by molar-refractivity contribution is 5.70. The molecule has 0 spiro atoms. The topological polar surface area (TPSA) is 75.4 Å². The molecule has 0 aliphatic rings. The highest BCUT2D eigenvalue weighted by Crippen LogP contribution is 2.12. The summed E-state index contributed by atoms with van der Waals surface area (Å²) in [5, 5.41) is 15.9. The molecule has 2 N–H and O–H groups in total. The Morgan fingerprint density at radius 2 is 2.12 bits per heavy atom. The van der Waals surface area contributed by atoms with Crippen LogP contribution in [0.3, 0.4) is 0 Å². The standard InChI is InChI=1S/C11H18N2O3/c1-6(11(14)15)7(2)12-5-10-8(3)13-16-9(10)4/h6-7,12H,5H2,1-4H3,(H,14,15)/t6-,7-/m0/s1. The smallest absolute Gasteiger partial charge is 0.307 e. The lowest BCUT2D eigenvalue weighted by Crippen LogP contribution is -2.35. The van der Waals surface area contributed by atoms with Crippen molar-refractivity contribution < 1.29 is 14.4 Å². The van der Waals surface area contributed by atoms with Gasteiger partial charge in [0, 0.05) is 18.2 Å². The predicted octanol–water partition coefficient (Wildman–Crippen LogP) is 1.49. The first kappa shape index (κ1) is 12.7. The number of carboxylic acids is 1. The quantitative estimate of drug-likeness (QED) is 0.795. The predicted molar refractivity (Wildman–Crippen MR) is 59.1 cm³/mol. The van der Waals surface area contributed by atoms with Gasteiger partial charge in [0.05, 0.1) is 11.6 Å². The Kier molecular flexibility index (Phi) is 4.06. The number of nitrogens with one attached hydrogen (secondary N) is 1. The summed E-state index contributed by atoms with van der Waals surface area (Å²) in [6, 6.07) is -0.0915. The van der Waals surface area contributed by atoms with E-state index in [0.29, 0.717) is 6.54 Å². The third kappa shape index (κ3) is 2.82. The Morgan fingerprint density at radius 1 is 1.50 bits per heavy atom. The summed E-state index contributed by atoms with van der Waals surface area (Å²) in [4.78, 5) is 10.8. The first-order valence-corrected chi connectivity index (χ1v) is 5.31. The molecule has 0 bridgehead atoms. The van der Waals surface area contributed by atoms with E-state index in [4.69, 9.17) is 9.63 Å². The molecule has 0 aliphatic heterocycles. The van der Waals surface area contributed by atoms with Gasteiger partial charge in [-0.2, -0.15) is 0 Å². The van der Waals surface area contributed by atoms with Crippen molar-refractivity contribution in [3.63, 3.8) is 0 Å². The van der Waals surface area contributed by atoms with Crippen molar-refractivity contribution in [1.82, 2.24) is 10.5 Å². The fraction of sp³-hybridized carbons (Fsp3) is 0.636. The van der Waals surface area contributed by atoms with Crippen LogP contribution in [0.15, 0.2) is 4.52 Å². The number of aryl methyl sites for hydroxylation is 2. The molecule has 1 aromatic heterocycles. The molecule has 0 unspecified atom stereocenters. The molecule has 0 aromatic carbocycles. The van der Waals surface area contributed by atoms with E-state index in [0.717, 1.165) is 17.0 Å². The zero-order valence-corrected chi connectivity index (χ0v) is 10.1. The van der Waals surface area contributed by atoms with Gasteiger partial charge in [0.1, 0.15) is 5.76 Å². The maximum absolute atomic E-state index is 10.8. The van der Waals surface area contributed by atoms with Crippen LogP contribution in [0.4, 0.5) is 0 Å².